The van der Waals surface area contributed by atoms with Crippen molar-refractivity contribution in [2.45, 2.75) is 53.9 Å². The van der Waals surface area contributed by atoms with E-state index in [0.29, 0.717) is 37.4 Å². The van der Waals surface area contributed by atoms with E-state index < -0.39 is 0 Å². The van der Waals surface area contributed by atoms with Crippen molar-refractivity contribution in [3.63, 3.8) is 0 Å². The lowest BCUT2D eigenvalue weighted by Crippen LogP contribution is -2.34. The van der Waals surface area contributed by atoms with Crippen molar-refractivity contribution in [3.05, 3.63) is 69.9 Å². The molecular weight excluding hydrogens is 400 g/mol. The Kier molecular flexibility index (Phi) is 7.86. The number of nitrogens with zero attached hydrogens (tertiary/aromatic N) is 1. The van der Waals surface area contributed by atoms with Gasteiger partial charge in [0.1, 0.15) is 5.70 Å². The predicted molar refractivity (Wildman–Crippen MR) is 129 cm³/mol. The van der Waals surface area contributed by atoms with E-state index in [4.69, 9.17) is 4.74 Å². The van der Waals surface area contributed by atoms with E-state index in [1.807, 2.05) is 64.1 Å². The van der Waals surface area contributed by atoms with E-state index in [1.165, 1.54) is 10.5 Å². The fraction of sp³-hybridized carbons (Fsp3) is 0.407. The molecule has 0 aliphatic carbocycles. The number of rotatable bonds is 10. The van der Waals surface area contributed by atoms with Crippen LogP contribution in [0, 0.1) is 27.7 Å². The van der Waals surface area contributed by atoms with Gasteiger partial charge in [0.05, 0.1) is 5.57 Å². The molecule has 5 nitrogen and oxygen atoms in total. The lowest BCUT2D eigenvalue weighted by molar-refractivity contribution is -0.137. The van der Waals surface area contributed by atoms with Crippen molar-refractivity contribution in [3.8, 4) is 0 Å². The molecule has 0 fully saturated rings. The number of carbonyl (C=O) groups excluding carboxylic acids is 2. The SMILES string of the molecule is CCCCOCCCN1C(=O)C(Nc2ccc(C)c(C)c2)=C(c2ccc(C)c(C)c2)C1=O. The molecule has 2 aromatic rings. The van der Waals surface area contributed by atoms with Crippen LogP contribution in [-0.2, 0) is 14.3 Å². The molecule has 1 aliphatic rings. The highest BCUT2D eigenvalue weighted by Gasteiger charge is 2.39. The lowest BCUT2D eigenvalue weighted by Gasteiger charge is -2.15. The van der Waals surface area contributed by atoms with Gasteiger partial charge in [-0.1, -0.05) is 37.6 Å². The molecule has 3 rings (SSSR count). The summed E-state index contributed by atoms with van der Waals surface area (Å²) in [5, 5.41) is 3.26. The van der Waals surface area contributed by atoms with Gasteiger partial charge in [-0.15, -0.1) is 0 Å². The summed E-state index contributed by atoms with van der Waals surface area (Å²) in [5.74, 6) is -0.534. The van der Waals surface area contributed by atoms with Crippen LogP contribution in [0.1, 0.15) is 54.0 Å². The molecule has 0 atom stereocenters. The average Bonchev–Trinajstić information content (AvgIpc) is 2.99. The number of unbranched alkanes of at least 4 members (excludes halogenated alkanes) is 1. The molecule has 1 aliphatic heterocycles. The number of carbonyl (C=O) groups is 2. The van der Waals surface area contributed by atoms with Crippen LogP contribution < -0.4 is 5.32 Å². The summed E-state index contributed by atoms with van der Waals surface area (Å²) in [4.78, 5) is 28.0. The molecule has 1 N–H and O–H groups in total. The van der Waals surface area contributed by atoms with Gasteiger partial charge in [0, 0.05) is 25.4 Å². The smallest absolute Gasteiger partial charge is 0.278 e. The Hall–Kier alpha value is -2.92. The summed E-state index contributed by atoms with van der Waals surface area (Å²) < 4.78 is 5.61. The molecule has 0 saturated carbocycles. The van der Waals surface area contributed by atoms with Gasteiger partial charge in [-0.05, 0) is 80.5 Å². The highest BCUT2D eigenvalue weighted by molar-refractivity contribution is 6.36. The highest BCUT2D eigenvalue weighted by atomic mass is 16.5. The van der Waals surface area contributed by atoms with Gasteiger partial charge in [-0.3, -0.25) is 14.5 Å². The third-order valence-electron chi connectivity index (χ3n) is 6.05. The summed E-state index contributed by atoms with van der Waals surface area (Å²) in [6, 6.07) is 11.9. The van der Waals surface area contributed by atoms with Crippen molar-refractivity contribution >= 4 is 23.1 Å². The van der Waals surface area contributed by atoms with Crippen LogP contribution in [0.3, 0.4) is 0 Å². The maximum atomic E-state index is 13.4. The zero-order valence-corrected chi connectivity index (χ0v) is 19.9. The molecule has 0 bridgehead atoms. The Labute approximate surface area is 191 Å². The monoisotopic (exact) mass is 434 g/mol. The third-order valence-corrected chi connectivity index (χ3v) is 6.05. The second-order valence-electron chi connectivity index (χ2n) is 8.55. The Balaban J connectivity index is 1.88. The Morgan fingerprint density at radius 3 is 2.12 bits per heavy atom. The quantitative estimate of drug-likeness (QED) is 0.406. The molecule has 32 heavy (non-hydrogen) atoms. The minimum absolute atomic E-state index is 0.252. The van der Waals surface area contributed by atoms with E-state index >= 15 is 0 Å². The maximum Gasteiger partial charge on any atom is 0.278 e. The van der Waals surface area contributed by atoms with Gasteiger partial charge in [0.15, 0.2) is 0 Å². The molecule has 5 heteroatoms. The van der Waals surface area contributed by atoms with Gasteiger partial charge >= 0.3 is 0 Å². The van der Waals surface area contributed by atoms with E-state index in [9.17, 15) is 9.59 Å². The molecule has 0 radical (unpaired) electrons. The fourth-order valence-corrected chi connectivity index (χ4v) is 3.70. The van der Waals surface area contributed by atoms with E-state index in [2.05, 4.69) is 12.2 Å². The first-order valence-corrected chi connectivity index (χ1v) is 11.4. The Bertz CT molecular complexity index is 1040. The summed E-state index contributed by atoms with van der Waals surface area (Å²) in [6.07, 6.45) is 2.72. The number of nitrogens with one attached hydrogen (secondary N) is 1. The molecule has 0 aromatic heterocycles. The van der Waals surface area contributed by atoms with Crippen LogP contribution in [0.4, 0.5) is 5.69 Å². The topological polar surface area (TPSA) is 58.6 Å². The second-order valence-corrected chi connectivity index (χ2v) is 8.55. The van der Waals surface area contributed by atoms with E-state index in [1.54, 1.807) is 0 Å². The Morgan fingerprint density at radius 2 is 1.47 bits per heavy atom. The highest BCUT2D eigenvalue weighted by Crippen LogP contribution is 2.32. The standard InChI is InChI=1S/C27H34N2O3/c1-6-7-14-32-15-8-13-29-26(30)24(22-11-9-18(2)20(4)16-22)25(27(29)31)28-23-12-10-19(3)21(5)17-23/h9-12,16-17,28H,6-8,13-15H2,1-5H3. The molecule has 2 aromatic carbocycles. The number of hydrogen-bond acceptors (Lipinski definition) is 4. The van der Waals surface area contributed by atoms with Gasteiger partial charge in [0.2, 0.25) is 0 Å². The van der Waals surface area contributed by atoms with Crippen molar-refractivity contribution in [1.29, 1.82) is 0 Å². The van der Waals surface area contributed by atoms with Gasteiger partial charge in [0.25, 0.3) is 11.8 Å². The molecule has 0 spiro atoms. The largest absolute Gasteiger partial charge is 0.381 e. The van der Waals surface area contributed by atoms with Crippen LogP contribution >= 0.6 is 0 Å². The van der Waals surface area contributed by atoms with Crippen molar-refractivity contribution < 1.29 is 14.3 Å². The number of ether oxygens (including phenoxy) is 1. The molecule has 0 saturated heterocycles. The minimum atomic E-state index is -0.282. The third kappa shape index (κ3) is 5.28. The summed E-state index contributed by atoms with van der Waals surface area (Å²) in [7, 11) is 0. The second kappa shape index (κ2) is 10.6. The number of imide groups is 1. The van der Waals surface area contributed by atoms with Gasteiger partial charge in [-0.2, -0.15) is 0 Å². The zero-order valence-electron chi connectivity index (χ0n) is 19.9. The van der Waals surface area contributed by atoms with Crippen molar-refractivity contribution in [1.82, 2.24) is 4.90 Å². The zero-order chi connectivity index (χ0) is 23.3. The fourth-order valence-electron chi connectivity index (χ4n) is 3.70. The number of hydrogen-bond donors (Lipinski definition) is 1. The van der Waals surface area contributed by atoms with Crippen molar-refractivity contribution in [2.75, 3.05) is 25.1 Å². The molecule has 0 unspecified atom stereocenters. The van der Waals surface area contributed by atoms with Crippen LogP contribution in [-0.4, -0.2) is 36.5 Å². The van der Waals surface area contributed by atoms with Crippen LogP contribution in [0.15, 0.2) is 42.1 Å². The summed E-state index contributed by atoms with van der Waals surface area (Å²) in [5.41, 5.74) is 6.88. The number of anilines is 1. The molecule has 170 valence electrons. The van der Waals surface area contributed by atoms with Crippen LogP contribution in [0.25, 0.3) is 5.57 Å². The van der Waals surface area contributed by atoms with Gasteiger partial charge < -0.3 is 10.1 Å². The average molecular weight is 435 g/mol. The molecule has 1 heterocycles. The first-order valence-electron chi connectivity index (χ1n) is 11.4. The molecular formula is C27H34N2O3. The number of amides is 2. The Morgan fingerprint density at radius 1 is 0.812 bits per heavy atom. The van der Waals surface area contributed by atoms with Crippen molar-refractivity contribution in [2.24, 2.45) is 0 Å². The van der Waals surface area contributed by atoms with Crippen LogP contribution in [0.5, 0.6) is 0 Å². The maximum absolute atomic E-state index is 13.4. The molecule has 2 amide bonds. The normalized spacial score (nSPS) is 14.0. The lowest BCUT2D eigenvalue weighted by atomic mass is 9.99. The minimum Gasteiger partial charge on any atom is -0.381 e. The van der Waals surface area contributed by atoms with Crippen LogP contribution in [0.2, 0.25) is 0 Å². The first-order chi connectivity index (χ1) is 15.3. The first kappa shape index (κ1) is 23.7. The van der Waals surface area contributed by atoms with Gasteiger partial charge in [-0.25, -0.2) is 0 Å². The number of benzene rings is 2. The number of aryl methyl sites for hydroxylation is 4. The predicted octanol–water partition coefficient (Wildman–Crippen LogP) is 5.32. The summed E-state index contributed by atoms with van der Waals surface area (Å²) in [6.45, 7) is 11.8. The summed E-state index contributed by atoms with van der Waals surface area (Å²) >= 11 is 0. The van der Waals surface area contributed by atoms with E-state index in [0.717, 1.165) is 40.8 Å². The van der Waals surface area contributed by atoms with E-state index in [-0.39, 0.29) is 11.8 Å².